The third kappa shape index (κ3) is 2.17. The topological polar surface area (TPSA) is 46.5 Å². The van der Waals surface area contributed by atoms with Gasteiger partial charge in [0.2, 0.25) is 0 Å². The monoisotopic (exact) mass is 258 g/mol. The predicted molar refractivity (Wildman–Crippen MR) is 66.8 cm³/mol. The molecule has 1 unspecified atom stereocenters. The zero-order valence-corrected chi connectivity index (χ0v) is 9.97. The van der Waals surface area contributed by atoms with E-state index in [1.54, 1.807) is 12.1 Å². The van der Waals surface area contributed by atoms with Gasteiger partial charge in [-0.3, -0.25) is 4.79 Å². The molecule has 0 amide bonds. The Hall–Kier alpha value is -2.36. The van der Waals surface area contributed by atoms with E-state index in [2.05, 4.69) is 0 Å². The summed E-state index contributed by atoms with van der Waals surface area (Å²) in [5.41, 5.74) is 1.19. The average Bonchev–Trinajstić information content (AvgIpc) is 2.38. The first kappa shape index (κ1) is 11.7. The molecule has 1 atom stereocenters. The van der Waals surface area contributed by atoms with E-state index in [1.807, 2.05) is 0 Å². The van der Waals surface area contributed by atoms with Gasteiger partial charge in [-0.2, -0.15) is 0 Å². The van der Waals surface area contributed by atoms with Crippen LogP contribution in [0.3, 0.4) is 0 Å². The summed E-state index contributed by atoms with van der Waals surface area (Å²) in [6.07, 6.45) is -0.231. The van der Waals surface area contributed by atoms with Crippen LogP contribution in [0.1, 0.15) is 28.4 Å². The standard InChI is InChI=1S/C15H11FO3/c16-10-3-6-12-13(18)8-14(19-15(12)7-10)9-1-4-11(17)5-2-9/h1-7,14,17H,8H2. The first-order chi connectivity index (χ1) is 9.13. The second kappa shape index (κ2) is 4.39. The fourth-order valence-electron chi connectivity index (χ4n) is 2.17. The molecule has 0 saturated heterocycles. The number of halogens is 1. The number of rotatable bonds is 1. The number of phenolic OH excluding ortho intramolecular Hbond substituents is 1. The van der Waals surface area contributed by atoms with Crippen LogP contribution in [0.25, 0.3) is 0 Å². The van der Waals surface area contributed by atoms with Crippen molar-refractivity contribution in [2.24, 2.45) is 0 Å². The number of ether oxygens (including phenoxy) is 1. The number of carbonyl (C=O) groups excluding carboxylic acids is 1. The molecule has 0 fully saturated rings. The van der Waals surface area contributed by atoms with E-state index >= 15 is 0 Å². The van der Waals surface area contributed by atoms with Gasteiger partial charge in [-0.25, -0.2) is 4.39 Å². The van der Waals surface area contributed by atoms with E-state index in [-0.39, 0.29) is 23.7 Å². The number of hydrogen-bond acceptors (Lipinski definition) is 3. The average molecular weight is 258 g/mol. The van der Waals surface area contributed by atoms with E-state index in [0.717, 1.165) is 5.56 Å². The summed E-state index contributed by atoms with van der Waals surface area (Å²) in [6, 6.07) is 10.4. The van der Waals surface area contributed by atoms with Gasteiger partial charge in [0, 0.05) is 6.07 Å². The number of benzene rings is 2. The summed E-state index contributed by atoms with van der Waals surface area (Å²) in [5, 5.41) is 9.24. The molecule has 96 valence electrons. The minimum Gasteiger partial charge on any atom is -0.508 e. The van der Waals surface area contributed by atoms with Crippen LogP contribution in [-0.2, 0) is 0 Å². The predicted octanol–water partition coefficient (Wildman–Crippen LogP) is 3.24. The maximum Gasteiger partial charge on any atom is 0.170 e. The summed E-state index contributed by atoms with van der Waals surface area (Å²) in [7, 11) is 0. The Morgan fingerprint density at radius 1 is 1.16 bits per heavy atom. The van der Waals surface area contributed by atoms with Gasteiger partial charge in [-0.15, -0.1) is 0 Å². The van der Waals surface area contributed by atoms with Crippen LogP contribution in [0.15, 0.2) is 42.5 Å². The molecule has 2 aromatic rings. The fraction of sp³-hybridized carbons (Fsp3) is 0.133. The third-order valence-electron chi connectivity index (χ3n) is 3.15. The molecule has 1 aliphatic rings. The molecule has 4 heteroatoms. The van der Waals surface area contributed by atoms with Crippen LogP contribution in [0, 0.1) is 5.82 Å². The zero-order valence-electron chi connectivity index (χ0n) is 9.97. The number of carbonyl (C=O) groups is 1. The Kier molecular flexibility index (Phi) is 2.71. The van der Waals surface area contributed by atoms with Crippen molar-refractivity contribution in [2.75, 3.05) is 0 Å². The number of fused-ring (bicyclic) bond motifs is 1. The van der Waals surface area contributed by atoms with E-state index in [1.165, 1.54) is 30.3 Å². The molecular weight excluding hydrogens is 247 g/mol. The van der Waals surface area contributed by atoms with Gasteiger partial charge in [-0.1, -0.05) is 12.1 Å². The highest BCUT2D eigenvalue weighted by molar-refractivity contribution is 5.99. The number of ketones is 1. The van der Waals surface area contributed by atoms with Crippen LogP contribution in [0.2, 0.25) is 0 Å². The van der Waals surface area contributed by atoms with Gasteiger partial charge < -0.3 is 9.84 Å². The first-order valence-electron chi connectivity index (χ1n) is 5.92. The maximum atomic E-state index is 13.2. The molecule has 2 aromatic carbocycles. The minimum atomic E-state index is -0.442. The van der Waals surface area contributed by atoms with Crippen molar-refractivity contribution in [3.05, 3.63) is 59.4 Å². The van der Waals surface area contributed by atoms with Gasteiger partial charge in [0.1, 0.15) is 23.4 Å². The van der Waals surface area contributed by atoms with Crippen LogP contribution in [0.5, 0.6) is 11.5 Å². The van der Waals surface area contributed by atoms with Gasteiger partial charge in [-0.05, 0) is 29.8 Å². The molecule has 0 spiro atoms. The van der Waals surface area contributed by atoms with Crippen molar-refractivity contribution in [2.45, 2.75) is 12.5 Å². The molecule has 0 bridgehead atoms. The summed E-state index contributed by atoms with van der Waals surface area (Å²) in [6.45, 7) is 0. The van der Waals surface area contributed by atoms with Crippen LogP contribution in [0.4, 0.5) is 4.39 Å². The van der Waals surface area contributed by atoms with Gasteiger partial charge in [0.15, 0.2) is 5.78 Å². The van der Waals surface area contributed by atoms with Crippen molar-refractivity contribution < 1.29 is 19.0 Å². The van der Waals surface area contributed by atoms with Crippen molar-refractivity contribution >= 4 is 5.78 Å². The molecular formula is C15H11FO3. The maximum absolute atomic E-state index is 13.2. The van der Waals surface area contributed by atoms with Gasteiger partial charge in [0.25, 0.3) is 0 Å². The Labute approximate surface area is 109 Å². The molecule has 3 nitrogen and oxygen atoms in total. The molecule has 19 heavy (non-hydrogen) atoms. The molecule has 0 aromatic heterocycles. The Balaban J connectivity index is 1.96. The van der Waals surface area contributed by atoms with E-state index < -0.39 is 11.9 Å². The fourth-order valence-corrected chi connectivity index (χ4v) is 2.17. The minimum absolute atomic E-state index is 0.0701. The van der Waals surface area contributed by atoms with Crippen molar-refractivity contribution in [1.82, 2.24) is 0 Å². The number of phenols is 1. The highest BCUT2D eigenvalue weighted by Gasteiger charge is 2.27. The molecule has 3 rings (SSSR count). The van der Waals surface area contributed by atoms with Crippen LogP contribution >= 0.6 is 0 Å². The van der Waals surface area contributed by atoms with Crippen molar-refractivity contribution in [1.29, 1.82) is 0 Å². The van der Waals surface area contributed by atoms with Gasteiger partial charge in [0.05, 0.1) is 12.0 Å². The molecule has 0 aliphatic carbocycles. The first-order valence-corrected chi connectivity index (χ1v) is 5.92. The third-order valence-corrected chi connectivity index (χ3v) is 3.15. The Morgan fingerprint density at radius 2 is 1.89 bits per heavy atom. The normalized spacial score (nSPS) is 17.7. The molecule has 1 aliphatic heterocycles. The van der Waals surface area contributed by atoms with Crippen LogP contribution < -0.4 is 4.74 Å². The largest absolute Gasteiger partial charge is 0.508 e. The lowest BCUT2D eigenvalue weighted by atomic mass is 9.96. The number of Topliss-reactive ketones (excluding diaryl/α,β-unsaturated/α-hetero) is 1. The zero-order chi connectivity index (χ0) is 13.4. The van der Waals surface area contributed by atoms with Crippen molar-refractivity contribution in [3.63, 3.8) is 0 Å². The summed E-state index contributed by atoms with van der Waals surface area (Å²) in [4.78, 5) is 12.0. The Bertz CT molecular complexity index is 634. The lowest BCUT2D eigenvalue weighted by molar-refractivity contribution is 0.0849. The Morgan fingerprint density at radius 3 is 2.63 bits per heavy atom. The number of hydrogen-bond donors (Lipinski definition) is 1. The summed E-state index contributed by atoms with van der Waals surface area (Å²) < 4.78 is 18.8. The molecule has 1 N–H and O–H groups in total. The lowest BCUT2D eigenvalue weighted by Gasteiger charge is -2.25. The van der Waals surface area contributed by atoms with Gasteiger partial charge >= 0.3 is 0 Å². The lowest BCUT2D eigenvalue weighted by Crippen LogP contribution is -2.20. The highest BCUT2D eigenvalue weighted by Crippen LogP contribution is 2.35. The van der Waals surface area contributed by atoms with Crippen LogP contribution in [-0.4, -0.2) is 10.9 Å². The smallest absolute Gasteiger partial charge is 0.170 e. The highest BCUT2D eigenvalue weighted by atomic mass is 19.1. The SMILES string of the molecule is O=C1CC(c2ccc(O)cc2)Oc2cc(F)ccc21. The molecule has 0 radical (unpaired) electrons. The second-order valence-corrected chi connectivity index (χ2v) is 4.47. The second-order valence-electron chi connectivity index (χ2n) is 4.47. The van der Waals surface area contributed by atoms with E-state index in [9.17, 15) is 14.3 Å². The van der Waals surface area contributed by atoms with Crippen molar-refractivity contribution in [3.8, 4) is 11.5 Å². The quantitative estimate of drug-likeness (QED) is 0.854. The number of aromatic hydroxyl groups is 1. The molecule has 1 heterocycles. The summed E-state index contributed by atoms with van der Waals surface area (Å²) >= 11 is 0. The van der Waals surface area contributed by atoms with E-state index in [4.69, 9.17) is 4.74 Å². The molecule has 0 saturated carbocycles. The summed E-state index contributed by atoms with van der Waals surface area (Å²) in [5.74, 6) is -0.0797. The van der Waals surface area contributed by atoms with E-state index in [0.29, 0.717) is 5.56 Å².